The van der Waals surface area contributed by atoms with E-state index >= 15 is 0 Å². The molecule has 0 aromatic carbocycles. The molecule has 0 amide bonds. The van der Waals surface area contributed by atoms with E-state index in [2.05, 4.69) is 11.8 Å². The summed E-state index contributed by atoms with van der Waals surface area (Å²) in [5.74, 6) is 1.74. The SMILES string of the molecule is CC1CN(CCC2CCC2)CC1Cl. The molecule has 1 aliphatic carbocycles. The lowest BCUT2D eigenvalue weighted by molar-refractivity contribution is 0.236. The molecule has 0 N–H and O–H groups in total. The third kappa shape index (κ3) is 2.38. The van der Waals surface area contributed by atoms with E-state index in [0.717, 1.165) is 12.5 Å². The Morgan fingerprint density at radius 2 is 2.08 bits per heavy atom. The van der Waals surface area contributed by atoms with Crippen molar-refractivity contribution in [2.45, 2.75) is 38.0 Å². The molecule has 0 radical (unpaired) electrons. The Hall–Kier alpha value is 0.250. The van der Waals surface area contributed by atoms with Crippen LogP contribution in [0.2, 0.25) is 0 Å². The van der Waals surface area contributed by atoms with Crippen molar-refractivity contribution in [3.63, 3.8) is 0 Å². The number of likely N-dealkylation sites (tertiary alicyclic amines) is 1. The summed E-state index contributed by atoms with van der Waals surface area (Å²) in [5.41, 5.74) is 0. The van der Waals surface area contributed by atoms with Crippen LogP contribution in [0.15, 0.2) is 0 Å². The number of hydrogen-bond donors (Lipinski definition) is 0. The van der Waals surface area contributed by atoms with Crippen LogP contribution >= 0.6 is 11.6 Å². The number of nitrogens with zero attached hydrogens (tertiary/aromatic N) is 1. The molecule has 0 aromatic heterocycles. The van der Waals surface area contributed by atoms with E-state index in [1.54, 1.807) is 0 Å². The zero-order valence-corrected chi connectivity index (χ0v) is 9.26. The fraction of sp³-hybridized carbons (Fsp3) is 1.00. The minimum absolute atomic E-state index is 0.404. The lowest BCUT2D eigenvalue weighted by Gasteiger charge is -2.27. The van der Waals surface area contributed by atoms with Crippen molar-refractivity contribution in [2.75, 3.05) is 19.6 Å². The summed E-state index contributed by atoms with van der Waals surface area (Å²) in [6, 6.07) is 0. The van der Waals surface area contributed by atoms with Crippen LogP contribution in [0.5, 0.6) is 0 Å². The van der Waals surface area contributed by atoms with Crippen LogP contribution in [-0.4, -0.2) is 29.9 Å². The molecule has 0 spiro atoms. The monoisotopic (exact) mass is 201 g/mol. The van der Waals surface area contributed by atoms with Gasteiger partial charge in [0.2, 0.25) is 0 Å². The summed E-state index contributed by atoms with van der Waals surface area (Å²) < 4.78 is 0. The maximum atomic E-state index is 6.18. The quantitative estimate of drug-likeness (QED) is 0.635. The third-order valence-corrected chi connectivity index (χ3v) is 4.24. The molecule has 2 fully saturated rings. The van der Waals surface area contributed by atoms with Crippen LogP contribution in [0.4, 0.5) is 0 Å². The second-order valence-corrected chi connectivity index (χ2v) is 5.40. The smallest absolute Gasteiger partial charge is 0.0500 e. The molecule has 2 aliphatic rings. The molecule has 2 heteroatoms. The molecule has 2 atom stereocenters. The second-order valence-electron chi connectivity index (χ2n) is 4.84. The number of hydrogen-bond acceptors (Lipinski definition) is 1. The van der Waals surface area contributed by atoms with Crippen LogP contribution in [0.3, 0.4) is 0 Å². The average Bonchev–Trinajstić information content (AvgIpc) is 2.28. The molecule has 1 aliphatic heterocycles. The Bertz CT molecular complexity index is 157. The van der Waals surface area contributed by atoms with Crippen molar-refractivity contribution in [1.82, 2.24) is 4.90 Å². The minimum Gasteiger partial charge on any atom is -0.302 e. The fourth-order valence-corrected chi connectivity index (χ4v) is 2.63. The third-order valence-electron chi connectivity index (χ3n) is 3.67. The van der Waals surface area contributed by atoms with E-state index in [0.29, 0.717) is 11.3 Å². The van der Waals surface area contributed by atoms with E-state index in [4.69, 9.17) is 11.6 Å². The van der Waals surface area contributed by atoms with E-state index in [-0.39, 0.29) is 0 Å². The highest BCUT2D eigenvalue weighted by Gasteiger charge is 2.28. The van der Waals surface area contributed by atoms with E-state index in [9.17, 15) is 0 Å². The normalized spacial score (nSPS) is 36.5. The molecule has 1 heterocycles. The summed E-state index contributed by atoms with van der Waals surface area (Å²) in [4.78, 5) is 2.54. The predicted octanol–water partition coefficient (Wildman–Crippen LogP) is 2.74. The standard InChI is InChI=1S/C11H20ClN/c1-9-7-13(8-11(9)12)6-5-10-3-2-4-10/h9-11H,2-8H2,1H3. The Morgan fingerprint density at radius 3 is 2.54 bits per heavy atom. The van der Waals surface area contributed by atoms with Crippen LogP contribution in [0, 0.1) is 11.8 Å². The van der Waals surface area contributed by atoms with E-state index in [1.165, 1.54) is 38.8 Å². The fourth-order valence-electron chi connectivity index (χ4n) is 2.35. The van der Waals surface area contributed by atoms with Crippen LogP contribution in [0.1, 0.15) is 32.6 Å². The summed E-state index contributed by atoms with van der Waals surface area (Å²) in [7, 11) is 0. The second kappa shape index (κ2) is 4.18. The minimum atomic E-state index is 0.404. The van der Waals surface area contributed by atoms with Crippen LogP contribution < -0.4 is 0 Å². The van der Waals surface area contributed by atoms with Gasteiger partial charge in [0.25, 0.3) is 0 Å². The van der Waals surface area contributed by atoms with Crippen molar-refractivity contribution >= 4 is 11.6 Å². The number of halogens is 1. The van der Waals surface area contributed by atoms with Crippen LogP contribution in [0.25, 0.3) is 0 Å². The largest absolute Gasteiger partial charge is 0.302 e. The molecule has 0 aromatic rings. The topological polar surface area (TPSA) is 3.24 Å². The van der Waals surface area contributed by atoms with Gasteiger partial charge in [0.05, 0.1) is 5.38 Å². The molecule has 2 rings (SSSR count). The molecule has 1 nitrogen and oxygen atoms in total. The van der Waals surface area contributed by atoms with Crippen molar-refractivity contribution in [3.8, 4) is 0 Å². The Labute approximate surface area is 86.4 Å². The lowest BCUT2D eigenvalue weighted by atomic mass is 9.83. The first-order valence-electron chi connectivity index (χ1n) is 5.62. The predicted molar refractivity (Wildman–Crippen MR) is 57.2 cm³/mol. The first kappa shape index (κ1) is 9.79. The molecule has 1 saturated heterocycles. The van der Waals surface area contributed by atoms with Gasteiger partial charge < -0.3 is 4.90 Å². The zero-order valence-electron chi connectivity index (χ0n) is 8.51. The van der Waals surface area contributed by atoms with Crippen molar-refractivity contribution < 1.29 is 0 Å². The van der Waals surface area contributed by atoms with Gasteiger partial charge >= 0.3 is 0 Å². The Morgan fingerprint density at radius 1 is 1.31 bits per heavy atom. The maximum Gasteiger partial charge on any atom is 0.0500 e. The van der Waals surface area contributed by atoms with Gasteiger partial charge in [-0.1, -0.05) is 26.2 Å². The molecule has 1 saturated carbocycles. The summed E-state index contributed by atoms with van der Waals surface area (Å²) in [5, 5.41) is 0.404. The highest BCUT2D eigenvalue weighted by Crippen LogP contribution is 2.30. The highest BCUT2D eigenvalue weighted by molar-refractivity contribution is 6.21. The molecular weight excluding hydrogens is 182 g/mol. The van der Waals surface area contributed by atoms with Gasteiger partial charge in [-0.15, -0.1) is 11.6 Å². The molecule has 2 unspecified atom stereocenters. The maximum absolute atomic E-state index is 6.18. The van der Waals surface area contributed by atoms with Gasteiger partial charge in [-0.25, -0.2) is 0 Å². The summed E-state index contributed by atoms with van der Waals surface area (Å²) in [6.07, 6.45) is 5.84. The van der Waals surface area contributed by atoms with Crippen LogP contribution in [-0.2, 0) is 0 Å². The average molecular weight is 202 g/mol. The van der Waals surface area contributed by atoms with E-state index in [1.807, 2.05) is 0 Å². The number of alkyl halides is 1. The first-order chi connectivity index (χ1) is 6.25. The van der Waals surface area contributed by atoms with Gasteiger partial charge in [-0.05, 0) is 24.8 Å². The summed E-state index contributed by atoms with van der Waals surface area (Å²) in [6.45, 7) is 5.90. The Balaban J connectivity index is 1.65. The lowest BCUT2D eigenvalue weighted by Crippen LogP contribution is -2.25. The molecule has 0 bridgehead atoms. The van der Waals surface area contributed by atoms with E-state index < -0.39 is 0 Å². The molecule has 76 valence electrons. The van der Waals surface area contributed by atoms with Gasteiger partial charge in [-0.2, -0.15) is 0 Å². The number of rotatable bonds is 3. The molecule has 13 heavy (non-hydrogen) atoms. The first-order valence-corrected chi connectivity index (χ1v) is 6.06. The highest BCUT2D eigenvalue weighted by atomic mass is 35.5. The molecular formula is C11H20ClN. The van der Waals surface area contributed by atoms with Crippen molar-refractivity contribution in [3.05, 3.63) is 0 Å². The van der Waals surface area contributed by atoms with Crippen molar-refractivity contribution in [2.24, 2.45) is 11.8 Å². The van der Waals surface area contributed by atoms with Gasteiger partial charge in [0.1, 0.15) is 0 Å². The summed E-state index contributed by atoms with van der Waals surface area (Å²) >= 11 is 6.18. The van der Waals surface area contributed by atoms with Gasteiger partial charge in [0, 0.05) is 13.1 Å². The van der Waals surface area contributed by atoms with Gasteiger partial charge in [0.15, 0.2) is 0 Å². The Kier molecular flexibility index (Phi) is 3.15. The van der Waals surface area contributed by atoms with Crippen molar-refractivity contribution in [1.29, 1.82) is 0 Å². The zero-order chi connectivity index (χ0) is 9.26. The van der Waals surface area contributed by atoms with Gasteiger partial charge in [-0.3, -0.25) is 0 Å².